The summed E-state index contributed by atoms with van der Waals surface area (Å²) in [5.41, 5.74) is 0. The number of piperidine rings is 1. The molecule has 3 nitrogen and oxygen atoms in total. The van der Waals surface area contributed by atoms with Crippen molar-refractivity contribution in [1.82, 2.24) is 10.6 Å². The van der Waals surface area contributed by atoms with Gasteiger partial charge in [-0.2, -0.15) is 0 Å². The van der Waals surface area contributed by atoms with Gasteiger partial charge < -0.3 is 10.6 Å². The first kappa shape index (κ1) is 16.7. The Balaban J connectivity index is 0.00000256. The first-order valence-corrected chi connectivity index (χ1v) is 6.80. The Kier molecular flexibility index (Phi) is 10.7. The van der Waals surface area contributed by atoms with Crippen molar-refractivity contribution in [3.05, 3.63) is 0 Å². The molecular formula is C13H27ClN2O. The molecule has 0 bridgehead atoms. The zero-order chi connectivity index (χ0) is 11.6. The molecule has 0 spiro atoms. The first-order chi connectivity index (χ1) is 7.83. The van der Waals surface area contributed by atoms with Crippen molar-refractivity contribution in [3.8, 4) is 0 Å². The number of rotatable bonds is 7. The highest BCUT2D eigenvalue weighted by Crippen LogP contribution is 2.12. The highest BCUT2D eigenvalue weighted by atomic mass is 35.5. The summed E-state index contributed by atoms with van der Waals surface area (Å²) in [5.74, 6) is 1.00. The summed E-state index contributed by atoms with van der Waals surface area (Å²) in [7, 11) is 0. The van der Waals surface area contributed by atoms with E-state index in [1.807, 2.05) is 0 Å². The molecule has 0 aromatic rings. The van der Waals surface area contributed by atoms with Crippen LogP contribution in [0.25, 0.3) is 0 Å². The Labute approximate surface area is 112 Å². The second-order valence-electron chi connectivity index (χ2n) is 4.81. The minimum absolute atomic E-state index is 0. The van der Waals surface area contributed by atoms with Crippen LogP contribution in [-0.2, 0) is 4.79 Å². The molecule has 1 heterocycles. The monoisotopic (exact) mass is 262 g/mol. The molecule has 17 heavy (non-hydrogen) atoms. The van der Waals surface area contributed by atoms with Gasteiger partial charge >= 0.3 is 0 Å². The molecule has 102 valence electrons. The third kappa shape index (κ3) is 8.44. The minimum atomic E-state index is 0. The normalized spacial score (nSPS) is 19.5. The quantitative estimate of drug-likeness (QED) is 0.692. The fourth-order valence-corrected chi connectivity index (χ4v) is 2.21. The van der Waals surface area contributed by atoms with E-state index in [2.05, 4.69) is 17.6 Å². The number of carbonyl (C=O) groups excluding carboxylic acids is 1. The van der Waals surface area contributed by atoms with Crippen molar-refractivity contribution >= 4 is 18.3 Å². The molecule has 0 radical (unpaired) electrons. The van der Waals surface area contributed by atoms with Crippen LogP contribution in [0.4, 0.5) is 0 Å². The van der Waals surface area contributed by atoms with Crippen molar-refractivity contribution in [2.75, 3.05) is 19.6 Å². The van der Waals surface area contributed by atoms with Crippen molar-refractivity contribution in [1.29, 1.82) is 0 Å². The van der Waals surface area contributed by atoms with E-state index in [1.54, 1.807) is 0 Å². The standard InChI is InChI=1S/C13H26N2O.ClH/c1-2-3-4-7-13(16)15-10-8-12-6-5-9-14-11-12;/h12,14H,2-11H2,1H3,(H,15,16);1H. The van der Waals surface area contributed by atoms with E-state index < -0.39 is 0 Å². The van der Waals surface area contributed by atoms with Crippen LogP contribution in [-0.4, -0.2) is 25.5 Å². The molecule has 4 heteroatoms. The van der Waals surface area contributed by atoms with Gasteiger partial charge in [0.2, 0.25) is 5.91 Å². The predicted molar refractivity (Wildman–Crippen MR) is 74.6 cm³/mol. The molecule has 1 fully saturated rings. The Bertz CT molecular complexity index is 194. The van der Waals surface area contributed by atoms with Gasteiger partial charge in [0.05, 0.1) is 0 Å². The first-order valence-electron chi connectivity index (χ1n) is 6.80. The van der Waals surface area contributed by atoms with E-state index in [4.69, 9.17) is 0 Å². The van der Waals surface area contributed by atoms with Crippen LogP contribution in [0.15, 0.2) is 0 Å². The smallest absolute Gasteiger partial charge is 0.219 e. The summed E-state index contributed by atoms with van der Waals surface area (Å²) >= 11 is 0. The van der Waals surface area contributed by atoms with Gasteiger partial charge in [0, 0.05) is 13.0 Å². The zero-order valence-electron chi connectivity index (χ0n) is 11.0. The molecule has 1 aliphatic heterocycles. The number of amides is 1. The van der Waals surface area contributed by atoms with Gasteiger partial charge in [0.15, 0.2) is 0 Å². The summed E-state index contributed by atoms with van der Waals surface area (Å²) < 4.78 is 0. The van der Waals surface area contributed by atoms with Crippen LogP contribution >= 0.6 is 12.4 Å². The van der Waals surface area contributed by atoms with E-state index in [0.717, 1.165) is 31.8 Å². The fourth-order valence-electron chi connectivity index (χ4n) is 2.21. The van der Waals surface area contributed by atoms with Crippen LogP contribution < -0.4 is 10.6 Å². The van der Waals surface area contributed by atoms with E-state index in [-0.39, 0.29) is 18.3 Å². The van der Waals surface area contributed by atoms with Crippen LogP contribution in [0.3, 0.4) is 0 Å². The van der Waals surface area contributed by atoms with Gasteiger partial charge in [-0.15, -0.1) is 12.4 Å². The Hall–Kier alpha value is -0.280. The molecular weight excluding hydrogens is 236 g/mol. The molecule has 1 amide bonds. The van der Waals surface area contributed by atoms with E-state index in [1.165, 1.54) is 32.2 Å². The van der Waals surface area contributed by atoms with E-state index in [9.17, 15) is 4.79 Å². The van der Waals surface area contributed by atoms with E-state index >= 15 is 0 Å². The molecule has 0 aromatic carbocycles. The summed E-state index contributed by atoms with van der Waals surface area (Å²) in [4.78, 5) is 11.4. The molecule has 2 N–H and O–H groups in total. The van der Waals surface area contributed by atoms with Gasteiger partial charge in [-0.05, 0) is 44.7 Å². The van der Waals surface area contributed by atoms with Gasteiger partial charge in [0.25, 0.3) is 0 Å². The third-order valence-corrected chi connectivity index (χ3v) is 3.28. The summed E-state index contributed by atoms with van der Waals surface area (Å²) in [6.07, 6.45) is 7.82. The van der Waals surface area contributed by atoms with Crippen LogP contribution in [0.2, 0.25) is 0 Å². The van der Waals surface area contributed by atoms with Gasteiger partial charge in [-0.3, -0.25) is 4.79 Å². The number of halogens is 1. The van der Waals surface area contributed by atoms with E-state index in [0.29, 0.717) is 6.42 Å². The molecule has 1 unspecified atom stereocenters. The maximum Gasteiger partial charge on any atom is 0.219 e. The van der Waals surface area contributed by atoms with Gasteiger partial charge in [0.1, 0.15) is 0 Å². The van der Waals surface area contributed by atoms with Crippen molar-refractivity contribution in [2.45, 2.75) is 51.9 Å². The molecule has 0 aromatic heterocycles. The predicted octanol–water partition coefficient (Wildman–Crippen LogP) is 2.49. The number of nitrogens with one attached hydrogen (secondary N) is 2. The number of hydrogen-bond donors (Lipinski definition) is 2. The lowest BCUT2D eigenvalue weighted by atomic mass is 9.96. The van der Waals surface area contributed by atoms with Crippen LogP contribution in [0.1, 0.15) is 51.9 Å². The maximum absolute atomic E-state index is 11.4. The Morgan fingerprint density at radius 3 is 2.88 bits per heavy atom. The summed E-state index contributed by atoms with van der Waals surface area (Å²) in [6.45, 7) is 5.32. The summed E-state index contributed by atoms with van der Waals surface area (Å²) in [5, 5.41) is 6.42. The largest absolute Gasteiger partial charge is 0.356 e. The molecule has 0 aliphatic carbocycles. The number of unbranched alkanes of at least 4 members (excludes halogenated alkanes) is 2. The second-order valence-corrected chi connectivity index (χ2v) is 4.81. The number of hydrogen-bond acceptors (Lipinski definition) is 2. The highest BCUT2D eigenvalue weighted by molar-refractivity contribution is 5.85. The molecule has 1 atom stereocenters. The molecule has 0 saturated carbocycles. The topological polar surface area (TPSA) is 41.1 Å². The molecule has 1 aliphatic rings. The molecule has 1 rings (SSSR count). The van der Waals surface area contributed by atoms with Gasteiger partial charge in [-0.25, -0.2) is 0 Å². The summed E-state index contributed by atoms with van der Waals surface area (Å²) in [6, 6.07) is 0. The lowest BCUT2D eigenvalue weighted by Crippen LogP contribution is -2.33. The maximum atomic E-state index is 11.4. The average Bonchev–Trinajstić information content (AvgIpc) is 2.31. The van der Waals surface area contributed by atoms with Crippen LogP contribution in [0, 0.1) is 5.92 Å². The minimum Gasteiger partial charge on any atom is -0.356 e. The fraction of sp³-hybridized carbons (Fsp3) is 0.923. The Morgan fingerprint density at radius 1 is 1.41 bits per heavy atom. The zero-order valence-corrected chi connectivity index (χ0v) is 11.8. The van der Waals surface area contributed by atoms with Gasteiger partial charge in [-0.1, -0.05) is 19.8 Å². The van der Waals surface area contributed by atoms with Crippen molar-refractivity contribution < 1.29 is 4.79 Å². The molecule has 1 saturated heterocycles. The average molecular weight is 263 g/mol. The van der Waals surface area contributed by atoms with Crippen molar-refractivity contribution in [3.63, 3.8) is 0 Å². The van der Waals surface area contributed by atoms with Crippen molar-refractivity contribution in [2.24, 2.45) is 5.92 Å². The number of carbonyl (C=O) groups is 1. The van der Waals surface area contributed by atoms with Crippen LogP contribution in [0.5, 0.6) is 0 Å². The highest BCUT2D eigenvalue weighted by Gasteiger charge is 2.12. The SMILES string of the molecule is CCCCCC(=O)NCCC1CCCNC1.Cl. The lowest BCUT2D eigenvalue weighted by molar-refractivity contribution is -0.121. The third-order valence-electron chi connectivity index (χ3n) is 3.28. The lowest BCUT2D eigenvalue weighted by Gasteiger charge is -2.22. The second kappa shape index (κ2) is 10.8. The Morgan fingerprint density at radius 2 is 2.24 bits per heavy atom.